The highest BCUT2D eigenvalue weighted by atomic mass is 16.1. The van der Waals surface area contributed by atoms with Crippen molar-refractivity contribution in [1.29, 1.82) is 0 Å². The van der Waals surface area contributed by atoms with Crippen LogP contribution in [0, 0.1) is 20.8 Å². The number of aryl methyl sites for hydroxylation is 3. The monoisotopic (exact) mass is 274 g/mol. The minimum Gasteiger partial charge on any atom is -0.350 e. The Bertz CT molecular complexity index is 473. The molecule has 2 N–H and O–H groups in total. The van der Waals surface area contributed by atoms with Gasteiger partial charge in [0.1, 0.15) is 0 Å². The van der Waals surface area contributed by atoms with Crippen molar-refractivity contribution >= 4 is 5.91 Å². The first-order valence-electron chi connectivity index (χ1n) is 7.59. The van der Waals surface area contributed by atoms with E-state index in [0.717, 1.165) is 29.7 Å². The van der Waals surface area contributed by atoms with Crippen LogP contribution in [0.2, 0.25) is 0 Å². The Morgan fingerprint density at radius 3 is 2.50 bits per heavy atom. The van der Waals surface area contributed by atoms with E-state index >= 15 is 0 Å². The van der Waals surface area contributed by atoms with Gasteiger partial charge in [0.25, 0.3) is 5.91 Å². The van der Waals surface area contributed by atoms with E-state index in [-0.39, 0.29) is 5.91 Å². The highest BCUT2D eigenvalue weighted by molar-refractivity contribution is 5.97. The molecular formula is C17H26N2O. The number of carbonyl (C=O) groups excluding carboxylic acids is 1. The standard InChI is InChI=1S/C17H26N2O/c1-11-8-12(2)16(13(3)9-11)17(20)18-10-15-7-5-6-14(4)19-15/h8-9,14-15,19H,5-7,10H2,1-4H3,(H,18,20). The zero-order chi connectivity index (χ0) is 14.7. The molecule has 1 saturated heterocycles. The summed E-state index contributed by atoms with van der Waals surface area (Å²) in [5.74, 6) is 0.0556. The minimum absolute atomic E-state index is 0.0556. The number of benzene rings is 1. The van der Waals surface area contributed by atoms with Gasteiger partial charge < -0.3 is 10.6 Å². The molecule has 110 valence electrons. The molecule has 0 saturated carbocycles. The smallest absolute Gasteiger partial charge is 0.251 e. The summed E-state index contributed by atoms with van der Waals surface area (Å²) in [6.07, 6.45) is 3.63. The maximum absolute atomic E-state index is 12.4. The number of piperidine rings is 1. The summed E-state index contributed by atoms with van der Waals surface area (Å²) in [6, 6.07) is 5.12. The second kappa shape index (κ2) is 6.40. The first-order valence-corrected chi connectivity index (χ1v) is 7.59. The average molecular weight is 274 g/mol. The van der Waals surface area contributed by atoms with E-state index in [1.54, 1.807) is 0 Å². The molecule has 1 aromatic carbocycles. The van der Waals surface area contributed by atoms with E-state index in [2.05, 4.69) is 36.6 Å². The van der Waals surface area contributed by atoms with E-state index in [1.165, 1.54) is 18.4 Å². The van der Waals surface area contributed by atoms with E-state index in [4.69, 9.17) is 0 Å². The fourth-order valence-electron chi connectivity index (χ4n) is 3.24. The highest BCUT2D eigenvalue weighted by Crippen LogP contribution is 2.16. The maximum atomic E-state index is 12.4. The Morgan fingerprint density at radius 2 is 1.90 bits per heavy atom. The molecule has 3 nitrogen and oxygen atoms in total. The first-order chi connectivity index (χ1) is 9.47. The van der Waals surface area contributed by atoms with Gasteiger partial charge in [-0.3, -0.25) is 4.79 Å². The van der Waals surface area contributed by atoms with Gasteiger partial charge in [0.2, 0.25) is 0 Å². The van der Waals surface area contributed by atoms with Crippen molar-refractivity contribution in [1.82, 2.24) is 10.6 Å². The number of amides is 1. The predicted octanol–water partition coefficient (Wildman–Crippen LogP) is 2.87. The average Bonchev–Trinajstić information content (AvgIpc) is 2.35. The van der Waals surface area contributed by atoms with Crippen LogP contribution < -0.4 is 10.6 Å². The molecule has 2 rings (SSSR count). The predicted molar refractivity (Wildman–Crippen MR) is 83.2 cm³/mol. The van der Waals surface area contributed by atoms with Gasteiger partial charge in [0.05, 0.1) is 0 Å². The quantitative estimate of drug-likeness (QED) is 0.890. The Morgan fingerprint density at radius 1 is 1.25 bits per heavy atom. The lowest BCUT2D eigenvalue weighted by molar-refractivity contribution is 0.0945. The maximum Gasteiger partial charge on any atom is 0.251 e. The second-order valence-electron chi connectivity index (χ2n) is 6.18. The number of carbonyl (C=O) groups is 1. The molecule has 0 aliphatic carbocycles. The van der Waals surface area contributed by atoms with Crippen molar-refractivity contribution in [3.63, 3.8) is 0 Å². The molecular weight excluding hydrogens is 248 g/mol. The normalized spacial score (nSPS) is 22.6. The Hall–Kier alpha value is -1.35. The van der Waals surface area contributed by atoms with Crippen LogP contribution in [-0.2, 0) is 0 Å². The van der Waals surface area contributed by atoms with Crippen LogP contribution in [-0.4, -0.2) is 24.5 Å². The Balaban J connectivity index is 1.98. The third-order valence-corrected chi connectivity index (χ3v) is 4.12. The van der Waals surface area contributed by atoms with E-state index in [0.29, 0.717) is 12.1 Å². The lowest BCUT2D eigenvalue weighted by Crippen LogP contribution is -2.47. The summed E-state index contributed by atoms with van der Waals surface area (Å²) in [7, 11) is 0. The van der Waals surface area contributed by atoms with Crippen molar-refractivity contribution in [3.05, 3.63) is 34.4 Å². The third-order valence-electron chi connectivity index (χ3n) is 4.12. The second-order valence-corrected chi connectivity index (χ2v) is 6.18. The molecule has 1 fully saturated rings. The van der Waals surface area contributed by atoms with Gasteiger partial charge in [-0.1, -0.05) is 24.1 Å². The zero-order valence-electron chi connectivity index (χ0n) is 13.0. The molecule has 2 atom stereocenters. The van der Waals surface area contributed by atoms with Crippen molar-refractivity contribution in [3.8, 4) is 0 Å². The number of hydrogen-bond acceptors (Lipinski definition) is 2. The Kier molecular flexibility index (Phi) is 4.81. The van der Waals surface area contributed by atoms with Crippen LogP contribution in [0.25, 0.3) is 0 Å². The molecule has 1 aromatic rings. The van der Waals surface area contributed by atoms with Crippen molar-refractivity contribution in [2.45, 2.75) is 59.0 Å². The van der Waals surface area contributed by atoms with Crippen LogP contribution in [0.1, 0.15) is 53.2 Å². The van der Waals surface area contributed by atoms with Crippen molar-refractivity contribution in [2.75, 3.05) is 6.54 Å². The third kappa shape index (κ3) is 3.60. The largest absolute Gasteiger partial charge is 0.350 e. The van der Waals surface area contributed by atoms with E-state index in [9.17, 15) is 4.79 Å². The molecule has 2 unspecified atom stereocenters. The van der Waals surface area contributed by atoms with Crippen LogP contribution in [0.5, 0.6) is 0 Å². The lowest BCUT2D eigenvalue weighted by atomic mass is 9.98. The topological polar surface area (TPSA) is 41.1 Å². The number of rotatable bonds is 3. The fourth-order valence-corrected chi connectivity index (χ4v) is 3.24. The van der Waals surface area contributed by atoms with Crippen LogP contribution in [0.4, 0.5) is 0 Å². The van der Waals surface area contributed by atoms with E-state index in [1.807, 2.05) is 13.8 Å². The molecule has 3 heteroatoms. The summed E-state index contributed by atoms with van der Waals surface area (Å²) >= 11 is 0. The summed E-state index contributed by atoms with van der Waals surface area (Å²) in [5.41, 5.74) is 4.16. The first kappa shape index (κ1) is 15.0. The lowest BCUT2D eigenvalue weighted by Gasteiger charge is -2.29. The van der Waals surface area contributed by atoms with Crippen LogP contribution in [0.3, 0.4) is 0 Å². The number of hydrogen-bond donors (Lipinski definition) is 2. The summed E-state index contributed by atoms with van der Waals surface area (Å²) in [6.45, 7) is 9.01. The molecule has 0 spiro atoms. The fraction of sp³-hybridized carbons (Fsp3) is 0.588. The molecule has 0 aromatic heterocycles. The Labute approximate surface area is 122 Å². The van der Waals surface area contributed by atoms with Gasteiger partial charge in [-0.05, 0) is 51.7 Å². The van der Waals surface area contributed by atoms with Crippen molar-refractivity contribution < 1.29 is 4.79 Å². The van der Waals surface area contributed by atoms with Gasteiger partial charge in [-0.25, -0.2) is 0 Å². The molecule has 20 heavy (non-hydrogen) atoms. The summed E-state index contributed by atoms with van der Waals surface area (Å²) < 4.78 is 0. The molecule has 1 heterocycles. The van der Waals surface area contributed by atoms with Gasteiger partial charge in [-0.2, -0.15) is 0 Å². The zero-order valence-corrected chi connectivity index (χ0v) is 13.0. The molecule has 0 bridgehead atoms. The number of nitrogens with one attached hydrogen (secondary N) is 2. The van der Waals surface area contributed by atoms with Gasteiger partial charge >= 0.3 is 0 Å². The summed E-state index contributed by atoms with van der Waals surface area (Å²) in [5, 5.41) is 6.64. The summed E-state index contributed by atoms with van der Waals surface area (Å²) in [4.78, 5) is 12.4. The highest BCUT2D eigenvalue weighted by Gasteiger charge is 2.19. The minimum atomic E-state index is 0.0556. The van der Waals surface area contributed by atoms with Crippen molar-refractivity contribution in [2.24, 2.45) is 0 Å². The van der Waals surface area contributed by atoms with Gasteiger partial charge in [0.15, 0.2) is 0 Å². The van der Waals surface area contributed by atoms with Gasteiger partial charge in [0, 0.05) is 24.2 Å². The van der Waals surface area contributed by atoms with E-state index < -0.39 is 0 Å². The van der Waals surface area contributed by atoms with Gasteiger partial charge in [-0.15, -0.1) is 0 Å². The molecule has 1 aliphatic heterocycles. The molecule has 0 radical (unpaired) electrons. The van der Waals surface area contributed by atoms with Crippen LogP contribution >= 0.6 is 0 Å². The molecule has 1 aliphatic rings. The SMILES string of the molecule is Cc1cc(C)c(C(=O)NCC2CCCC(C)N2)c(C)c1. The van der Waals surface area contributed by atoms with Crippen LogP contribution in [0.15, 0.2) is 12.1 Å². The molecule has 1 amide bonds.